The summed E-state index contributed by atoms with van der Waals surface area (Å²) in [4.78, 5) is 17.1. The summed E-state index contributed by atoms with van der Waals surface area (Å²) < 4.78 is 0. The summed E-state index contributed by atoms with van der Waals surface area (Å²) in [6, 6.07) is 29.1. The second kappa shape index (κ2) is 10.0. The lowest BCUT2D eigenvalue weighted by Gasteiger charge is -2.13. The van der Waals surface area contributed by atoms with E-state index in [1.807, 2.05) is 73.7 Å². The fraction of sp³-hybridized carbons (Fsp3) is 0.0714. The van der Waals surface area contributed by atoms with Crippen molar-refractivity contribution < 1.29 is 4.79 Å². The van der Waals surface area contributed by atoms with Gasteiger partial charge in [-0.25, -0.2) is 4.98 Å². The van der Waals surface area contributed by atoms with Gasteiger partial charge in [-0.15, -0.1) is 0 Å². The number of hydrogen-bond acceptors (Lipinski definition) is 6. The van der Waals surface area contributed by atoms with Gasteiger partial charge in [-0.3, -0.25) is 4.79 Å². The Morgan fingerprint density at radius 2 is 1.44 bits per heavy atom. The summed E-state index contributed by atoms with van der Waals surface area (Å²) >= 11 is 1.15. The normalized spacial score (nSPS) is 10.3. The van der Waals surface area contributed by atoms with E-state index in [1.165, 1.54) is 0 Å². The first-order chi connectivity index (χ1) is 16.5. The first kappa shape index (κ1) is 22.8. The van der Waals surface area contributed by atoms with Crippen molar-refractivity contribution in [3.8, 4) is 34.4 Å². The lowest BCUT2D eigenvalue weighted by molar-refractivity contribution is 0.102. The van der Waals surface area contributed by atoms with Crippen molar-refractivity contribution >= 4 is 23.4 Å². The molecule has 0 aliphatic rings. The van der Waals surface area contributed by atoms with Crippen LogP contribution in [-0.4, -0.2) is 16.5 Å². The van der Waals surface area contributed by atoms with Gasteiger partial charge < -0.3 is 5.73 Å². The van der Waals surface area contributed by atoms with Crippen LogP contribution in [0, 0.1) is 29.6 Å². The number of hydrogen-bond donors (Lipinski definition) is 1. The Morgan fingerprint density at radius 3 is 2.06 bits per heavy atom. The van der Waals surface area contributed by atoms with E-state index in [0.717, 1.165) is 28.5 Å². The average Bonchev–Trinajstić information content (AvgIpc) is 2.88. The molecule has 164 valence electrons. The number of carbonyl (C=O) groups excluding carboxylic acids is 1. The van der Waals surface area contributed by atoms with Gasteiger partial charge in [0.2, 0.25) is 0 Å². The van der Waals surface area contributed by atoms with Crippen LogP contribution in [0.2, 0.25) is 0 Å². The highest BCUT2D eigenvalue weighted by molar-refractivity contribution is 8.00. The molecule has 1 aromatic heterocycles. The molecule has 0 radical (unpaired) electrons. The van der Waals surface area contributed by atoms with Crippen LogP contribution in [0.5, 0.6) is 0 Å². The molecule has 4 aromatic rings. The molecule has 34 heavy (non-hydrogen) atoms. The first-order valence-electron chi connectivity index (χ1n) is 10.5. The molecular weight excluding hydrogens is 440 g/mol. The maximum Gasteiger partial charge on any atom is 0.173 e. The minimum absolute atomic E-state index is 0.0410. The maximum absolute atomic E-state index is 12.9. The van der Waals surface area contributed by atoms with E-state index >= 15 is 0 Å². The average molecular weight is 461 g/mol. The number of benzene rings is 3. The van der Waals surface area contributed by atoms with Crippen LogP contribution in [0.3, 0.4) is 0 Å². The Labute approximate surface area is 202 Å². The van der Waals surface area contributed by atoms with E-state index in [0.29, 0.717) is 21.7 Å². The van der Waals surface area contributed by atoms with Crippen molar-refractivity contribution in [3.63, 3.8) is 0 Å². The van der Waals surface area contributed by atoms with Gasteiger partial charge in [-0.1, -0.05) is 96.2 Å². The molecule has 0 unspecified atom stereocenters. The highest BCUT2D eigenvalue weighted by atomic mass is 32.2. The molecule has 2 N–H and O–H groups in total. The molecule has 0 fully saturated rings. The van der Waals surface area contributed by atoms with Crippen LogP contribution in [-0.2, 0) is 0 Å². The Kier molecular flexibility index (Phi) is 6.73. The molecule has 1 heterocycles. The summed E-state index contributed by atoms with van der Waals surface area (Å²) in [5.74, 6) is 0.0414. The lowest BCUT2D eigenvalue weighted by atomic mass is 9.96. The van der Waals surface area contributed by atoms with E-state index in [-0.39, 0.29) is 28.5 Å². The van der Waals surface area contributed by atoms with Crippen LogP contribution < -0.4 is 5.73 Å². The Hall–Kier alpha value is -4.39. The second-order valence-electron chi connectivity index (χ2n) is 7.67. The third kappa shape index (κ3) is 4.68. The molecule has 3 aromatic carbocycles. The van der Waals surface area contributed by atoms with Crippen LogP contribution in [0.1, 0.15) is 27.0 Å². The monoisotopic (exact) mass is 460 g/mol. The van der Waals surface area contributed by atoms with Crippen molar-refractivity contribution in [1.29, 1.82) is 10.5 Å². The van der Waals surface area contributed by atoms with Crippen LogP contribution in [0.25, 0.3) is 22.3 Å². The van der Waals surface area contributed by atoms with Crippen molar-refractivity contribution in [2.24, 2.45) is 0 Å². The molecular formula is C28H20N4OS. The molecule has 0 aliphatic carbocycles. The van der Waals surface area contributed by atoms with Crippen molar-refractivity contribution in [3.05, 3.63) is 101 Å². The quantitative estimate of drug-likeness (QED) is 0.278. The van der Waals surface area contributed by atoms with Gasteiger partial charge in [-0.05, 0) is 23.6 Å². The minimum atomic E-state index is -0.0879. The smallest absolute Gasteiger partial charge is 0.173 e. The largest absolute Gasteiger partial charge is 0.383 e. The highest BCUT2D eigenvalue weighted by Gasteiger charge is 2.21. The van der Waals surface area contributed by atoms with Crippen molar-refractivity contribution in [1.82, 2.24) is 4.98 Å². The number of aryl methyl sites for hydroxylation is 1. The number of nitriles is 2. The molecule has 0 aliphatic heterocycles. The predicted octanol–water partition coefficient (Wildman–Crippen LogP) is 6.02. The summed E-state index contributed by atoms with van der Waals surface area (Å²) in [6.07, 6.45) is 0. The van der Waals surface area contributed by atoms with Crippen LogP contribution in [0.4, 0.5) is 5.82 Å². The second-order valence-corrected chi connectivity index (χ2v) is 8.64. The van der Waals surface area contributed by atoms with E-state index in [4.69, 9.17) is 5.73 Å². The van der Waals surface area contributed by atoms with E-state index in [1.54, 1.807) is 12.1 Å². The maximum atomic E-state index is 12.9. The van der Waals surface area contributed by atoms with Gasteiger partial charge in [0.25, 0.3) is 0 Å². The van der Waals surface area contributed by atoms with Crippen molar-refractivity contribution in [2.45, 2.75) is 11.9 Å². The SMILES string of the molecule is Cc1ccc(-c2c(C#N)c(N)nc(SCC(=O)c3ccc(-c4ccccc4)cc3)c2C#N)cc1. The Bertz CT molecular complexity index is 1430. The minimum Gasteiger partial charge on any atom is -0.383 e. The molecule has 0 spiro atoms. The third-order valence-corrected chi connectivity index (χ3v) is 6.39. The van der Waals surface area contributed by atoms with Crippen molar-refractivity contribution in [2.75, 3.05) is 11.5 Å². The zero-order valence-electron chi connectivity index (χ0n) is 18.4. The summed E-state index contributed by atoms with van der Waals surface area (Å²) in [6.45, 7) is 1.96. The highest BCUT2D eigenvalue weighted by Crippen LogP contribution is 2.36. The zero-order valence-corrected chi connectivity index (χ0v) is 19.3. The number of nitrogen functional groups attached to an aromatic ring is 1. The lowest BCUT2D eigenvalue weighted by Crippen LogP contribution is -2.06. The van der Waals surface area contributed by atoms with E-state index in [9.17, 15) is 15.3 Å². The zero-order chi connectivity index (χ0) is 24.1. The van der Waals surface area contributed by atoms with Gasteiger partial charge in [0.1, 0.15) is 28.5 Å². The van der Waals surface area contributed by atoms with Gasteiger partial charge >= 0.3 is 0 Å². The van der Waals surface area contributed by atoms with E-state index in [2.05, 4.69) is 17.1 Å². The molecule has 4 rings (SSSR count). The number of nitrogens with zero attached hydrogens (tertiary/aromatic N) is 3. The molecule has 0 saturated heterocycles. The molecule has 0 atom stereocenters. The number of ketones is 1. The third-order valence-electron chi connectivity index (χ3n) is 5.41. The van der Waals surface area contributed by atoms with Gasteiger partial charge in [0.05, 0.1) is 11.3 Å². The molecule has 6 heteroatoms. The van der Waals surface area contributed by atoms with Crippen LogP contribution in [0.15, 0.2) is 83.9 Å². The fourth-order valence-electron chi connectivity index (χ4n) is 3.61. The summed E-state index contributed by atoms with van der Waals surface area (Å²) in [7, 11) is 0. The molecule has 0 amide bonds. The van der Waals surface area contributed by atoms with Gasteiger partial charge in [-0.2, -0.15) is 10.5 Å². The number of pyridine rings is 1. The number of aromatic nitrogens is 1. The van der Waals surface area contributed by atoms with Gasteiger partial charge in [0.15, 0.2) is 5.78 Å². The number of rotatable bonds is 6. The summed E-state index contributed by atoms with van der Waals surface area (Å²) in [5, 5.41) is 19.9. The van der Waals surface area contributed by atoms with E-state index < -0.39 is 0 Å². The Morgan fingerprint density at radius 1 is 0.853 bits per heavy atom. The number of thioether (sulfide) groups is 1. The fourth-order valence-corrected chi connectivity index (χ4v) is 4.50. The number of anilines is 1. The number of nitrogens with two attached hydrogens (primary N) is 1. The Balaban J connectivity index is 1.61. The molecule has 5 nitrogen and oxygen atoms in total. The molecule has 0 saturated carbocycles. The topological polar surface area (TPSA) is 104 Å². The molecule has 0 bridgehead atoms. The van der Waals surface area contributed by atoms with Gasteiger partial charge in [0, 0.05) is 11.1 Å². The summed E-state index contributed by atoms with van der Waals surface area (Å²) in [5.41, 5.74) is 11.4. The first-order valence-corrected chi connectivity index (χ1v) is 11.5. The standard InChI is InChI=1S/C28H20N4OS/c1-18-7-9-22(10-8-18)26-23(15-29)27(31)32-28(24(26)16-30)34-17-25(33)21-13-11-20(12-14-21)19-5-3-2-4-6-19/h2-14H,17H2,1H3,(H2,31,32). The predicted molar refractivity (Wildman–Crippen MR) is 135 cm³/mol. The van der Waals surface area contributed by atoms with Crippen LogP contribution >= 0.6 is 11.8 Å². The number of Topliss-reactive ketones (excluding diaryl/α,β-unsaturated/α-hetero) is 1. The number of carbonyl (C=O) groups is 1.